The lowest BCUT2D eigenvalue weighted by Gasteiger charge is -1.97. The van der Waals surface area contributed by atoms with Crippen LogP contribution in [-0.2, 0) is 4.79 Å². The van der Waals surface area contributed by atoms with E-state index in [2.05, 4.69) is 6.92 Å². The van der Waals surface area contributed by atoms with Gasteiger partial charge in [0.15, 0.2) is 0 Å². The molecule has 0 bridgehead atoms. The molecule has 0 heterocycles. The van der Waals surface area contributed by atoms with E-state index in [1.807, 2.05) is 0 Å². The fourth-order valence-electron chi connectivity index (χ4n) is 1.15. The minimum Gasteiger partial charge on any atom is -0.400 e. The van der Waals surface area contributed by atoms with Gasteiger partial charge in [-0.25, -0.2) is 0 Å². The fourth-order valence-corrected chi connectivity index (χ4v) is 1.15. The van der Waals surface area contributed by atoms with Crippen molar-refractivity contribution in [2.75, 3.05) is 7.11 Å². The average Bonchev–Trinajstić information content (AvgIpc) is 2.14. The van der Waals surface area contributed by atoms with Gasteiger partial charge < -0.3 is 9.90 Å². The zero-order chi connectivity index (χ0) is 10.5. The van der Waals surface area contributed by atoms with Gasteiger partial charge in [0.2, 0.25) is 0 Å². The van der Waals surface area contributed by atoms with E-state index in [0.717, 1.165) is 20.0 Å². The number of unbranched alkanes of at least 4 members (excludes halogenated alkanes) is 5. The first kappa shape index (κ1) is 15.1. The van der Waals surface area contributed by atoms with Gasteiger partial charge in [-0.1, -0.05) is 39.0 Å². The fraction of sp³-hybridized carbons (Fsp3) is 0.909. The molecule has 0 radical (unpaired) electrons. The van der Waals surface area contributed by atoms with Crippen LogP contribution in [0.5, 0.6) is 0 Å². The molecule has 0 aromatic carbocycles. The summed E-state index contributed by atoms with van der Waals surface area (Å²) in [5.41, 5.74) is 0. The van der Waals surface area contributed by atoms with Crippen molar-refractivity contribution in [1.82, 2.24) is 0 Å². The summed E-state index contributed by atoms with van der Waals surface area (Å²) in [6.45, 7) is 3.89. The van der Waals surface area contributed by atoms with Gasteiger partial charge in [-0.15, -0.1) is 0 Å². The first-order valence-electron chi connectivity index (χ1n) is 5.21. The van der Waals surface area contributed by atoms with Gasteiger partial charge in [0.1, 0.15) is 5.78 Å². The van der Waals surface area contributed by atoms with Crippen LogP contribution in [0.15, 0.2) is 0 Å². The number of aliphatic hydroxyl groups is 1. The Kier molecular flexibility index (Phi) is 16.5. The molecule has 0 spiro atoms. The second-order valence-corrected chi connectivity index (χ2v) is 3.22. The molecule has 0 aliphatic carbocycles. The van der Waals surface area contributed by atoms with Gasteiger partial charge in [0, 0.05) is 13.5 Å². The van der Waals surface area contributed by atoms with Gasteiger partial charge in [-0.05, 0) is 13.3 Å². The predicted molar refractivity (Wildman–Crippen MR) is 56.8 cm³/mol. The van der Waals surface area contributed by atoms with E-state index >= 15 is 0 Å². The summed E-state index contributed by atoms with van der Waals surface area (Å²) in [5.74, 6) is 0.334. The van der Waals surface area contributed by atoms with Crippen molar-refractivity contribution in [1.29, 1.82) is 0 Å². The summed E-state index contributed by atoms with van der Waals surface area (Å²) in [7, 11) is 1.00. The standard InChI is InChI=1S/C10H20O.CH4O/c1-3-4-5-6-7-8-9-10(2)11;1-2/h3-9H2,1-2H3;2H,1H3. The molecule has 0 rings (SSSR count). The molecule has 13 heavy (non-hydrogen) atoms. The summed E-state index contributed by atoms with van der Waals surface area (Å²) in [4.78, 5) is 10.5. The van der Waals surface area contributed by atoms with E-state index in [0.29, 0.717) is 5.78 Å². The Morgan fingerprint density at radius 3 is 1.92 bits per heavy atom. The first-order chi connectivity index (χ1) is 6.27. The monoisotopic (exact) mass is 188 g/mol. The molecule has 80 valence electrons. The van der Waals surface area contributed by atoms with Crippen LogP contribution in [0.4, 0.5) is 0 Å². The van der Waals surface area contributed by atoms with Crippen LogP contribution in [0.2, 0.25) is 0 Å². The average molecular weight is 188 g/mol. The molecule has 0 amide bonds. The lowest BCUT2D eigenvalue weighted by molar-refractivity contribution is -0.117. The lowest BCUT2D eigenvalue weighted by Crippen LogP contribution is -1.88. The van der Waals surface area contributed by atoms with Crippen molar-refractivity contribution < 1.29 is 9.90 Å². The Morgan fingerprint density at radius 2 is 1.46 bits per heavy atom. The molecule has 0 unspecified atom stereocenters. The number of carbonyl (C=O) groups excluding carboxylic acids is 1. The second-order valence-electron chi connectivity index (χ2n) is 3.22. The topological polar surface area (TPSA) is 37.3 Å². The summed E-state index contributed by atoms with van der Waals surface area (Å²) in [6, 6.07) is 0. The SMILES string of the molecule is CCCCCCCCC(C)=O.CO. The zero-order valence-corrected chi connectivity index (χ0v) is 9.31. The van der Waals surface area contributed by atoms with Crippen LogP contribution in [0, 0.1) is 0 Å². The maximum absolute atomic E-state index is 10.5. The molecular weight excluding hydrogens is 164 g/mol. The second kappa shape index (κ2) is 14.2. The van der Waals surface area contributed by atoms with Crippen LogP contribution in [-0.4, -0.2) is 18.0 Å². The Morgan fingerprint density at radius 1 is 1.00 bits per heavy atom. The Hall–Kier alpha value is -0.370. The zero-order valence-electron chi connectivity index (χ0n) is 9.31. The molecule has 2 heteroatoms. The molecule has 0 fully saturated rings. The number of carbonyl (C=O) groups is 1. The summed E-state index contributed by atoms with van der Waals surface area (Å²) >= 11 is 0. The molecule has 1 N–H and O–H groups in total. The molecule has 2 nitrogen and oxygen atoms in total. The minimum absolute atomic E-state index is 0.334. The summed E-state index contributed by atoms with van der Waals surface area (Å²) < 4.78 is 0. The highest BCUT2D eigenvalue weighted by molar-refractivity contribution is 5.75. The van der Waals surface area contributed by atoms with Crippen molar-refractivity contribution in [2.45, 2.75) is 58.8 Å². The van der Waals surface area contributed by atoms with Gasteiger partial charge in [-0.3, -0.25) is 0 Å². The highest BCUT2D eigenvalue weighted by atomic mass is 16.2. The summed E-state index contributed by atoms with van der Waals surface area (Å²) in [6.07, 6.45) is 8.41. The van der Waals surface area contributed by atoms with E-state index in [4.69, 9.17) is 5.11 Å². The molecule has 0 saturated carbocycles. The van der Waals surface area contributed by atoms with Crippen LogP contribution < -0.4 is 0 Å². The molecule has 0 aromatic rings. The maximum atomic E-state index is 10.5. The van der Waals surface area contributed by atoms with Gasteiger partial charge >= 0.3 is 0 Å². The number of Topliss-reactive ketones (excluding diaryl/α,β-unsaturated/α-hetero) is 1. The normalized spacial score (nSPS) is 8.92. The van der Waals surface area contributed by atoms with Crippen LogP contribution >= 0.6 is 0 Å². The quantitative estimate of drug-likeness (QED) is 0.624. The third-order valence-corrected chi connectivity index (χ3v) is 1.88. The van der Waals surface area contributed by atoms with E-state index in [1.54, 1.807) is 6.92 Å². The Bertz CT molecular complexity index is 100. The van der Waals surface area contributed by atoms with Gasteiger partial charge in [0.25, 0.3) is 0 Å². The number of ketones is 1. The molecule has 0 aliphatic heterocycles. The third-order valence-electron chi connectivity index (χ3n) is 1.88. The van der Waals surface area contributed by atoms with E-state index in [-0.39, 0.29) is 0 Å². The number of hydrogen-bond donors (Lipinski definition) is 1. The van der Waals surface area contributed by atoms with Crippen LogP contribution in [0.3, 0.4) is 0 Å². The smallest absolute Gasteiger partial charge is 0.129 e. The number of aliphatic hydroxyl groups excluding tert-OH is 1. The van der Waals surface area contributed by atoms with Gasteiger partial charge in [0.05, 0.1) is 0 Å². The Balaban J connectivity index is 0. The van der Waals surface area contributed by atoms with Gasteiger partial charge in [-0.2, -0.15) is 0 Å². The molecule has 0 aliphatic rings. The minimum atomic E-state index is 0.334. The first-order valence-corrected chi connectivity index (χ1v) is 5.21. The van der Waals surface area contributed by atoms with Crippen LogP contribution in [0.25, 0.3) is 0 Å². The van der Waals surface area contributed by atoms with Crippen LogP contribution in [0.1, 0.15) is 58.8 Å². The predicted octanol–water partition coefficient (Wildman–Crippen LogP) is 2.93. The third kappa shape index (κ3) is 18.5. The number of rotatable bonds is 7. The van der Waals surface area contributed by atoms with Crippen molar-refractivity contribution in [3.05, 3.63) is 0 Å². The summed E-state index contributed by atoms with van der Waals surface area (Å²) in [5, 5.41) is 7.00. The molecule has 0 atom stereocenters. The maximum Gasteiger partial charge on any atom is 0.129 e. The molecule has 0 saturated heterocycles. The van der Waals surface area contributed by atoms with Crippen molar-refractivity contribution >= 4 is 5.78 Å². The van der Waals surface area contributed by atoms with E-state index < -0.39 is 0 Å². The number of hydrogen-bond acceptors (Lipinski definition) is 2. The largest absolute Gasteiger partial charge is 0.400 e. The van der Waals surface area contributed by atoms with Crippen molar-refractivity contribution in [3.8, 4) is 0 Å². The van der Waals surface area contributed by atoms with Crippen molar-refractivity contribution in [2.24, 2.45) is 0 Å². The highest BCUT2D eigenvalue weighted by Gasteiger charge is 1.92. The molecular formula is C11H24O2. The highest BCUT2D eigenvalue weighted by Crippen LogP contribution is 2.06. The lowest BCUT2D eigenvalue weighted by atomic mass is 10.1. The van der Waals surface area contributed by atoms with E-state index in [1.165, 1.54) is 32.1 Å². The van der Waals surface area contributed by atoms with Crippen molar-refractivity contribution in [3.63, 3.8) is 0 Å². The Labute approximate surface area is 82.4 Å². The molecule has 0 aromatic heterocycles. The van der Waals surface area contributed by atoms with E-state index in [9.17, 15) is 4.79 Å².